The standard InChI is InChI=1S/C19H35N3O/c1-3-5-7-18(4-2)16-20-17-19-8-6-9-22(19)11-10-21-12-14-23-15-13-21/h6,8-9,18,20H,3-5,7,10-17H2,1-2H3/t18-/m0/s1. The lowest BCUT2D eigenvalue weighted by atomic mass is 9.99. The smallest absolute Gasteiger partial charge is 0.0594 e. The Labute approximate surface area is 142 Å². The van der Waals surface area contributed by atoms with Crippen molar-refractivity contribution in [3.8, 4) is 0 Å². The molecule has 1 aromatic rings. The fourth-order valence-corrected chi connectivity index (χ4v) is 3.25. The molecule has 0 amide bonds. The molecule has 1 saturated heterocycles. The summed E-state index contributed by atoms with van der Waals surface area (Å²) in [6, 6.07) is 4.42. The SMILES string of the molecule is CCCC[C@H](CC)CNCc1cccn1CCN1CCOCC1. The predicted molar refractivity (Wildman–Crippen MR) is 96.7 cm³/mol. The first-order chi connectivity index (χ1) is 11.3. The summed E-state index contributed by atoms with van der Waals surface area (Å²) in [5.41, 5.74) is 1.41. The summed E-state index contributed by atoms with van der Waals surface area (Å²) in [4.78, 5) is 2.50. The molecule has 1 N–H and O–H groups in total. The van der Waals surface area contributed by atoms with Crippen LogP contribution in [-0.4, -0.2) is 48.9 Å². The molecule has 4 heteroatoms. The molecule has 0 radical (unpaired) electrons. The van der Waals surface area contributed by atoms with Gasteiger partial charge in [0.1, 0.15) is 0 Å². The molecule has 4 nitrogen and oxygen atoms in total. The van der Waals surface area contributed by atoms with Gasteiger partial charge < -0.3 is 14.6 Å². The first-order valence-electron chi connectivity index (χ1n) is 9.48. The molecule has 1 aliphatic heterocycles. The highest BCUT2D eigenvalue weighted by atomic mass is 16.5. The second kappa shape index (κ2) is 10.8. The van der Waals surface area contributed by atoms with Gasteiger partial charge in [-0.25, -0.2) is 0 Å². The van der Waals surface area contributed by atoms with E-state index in [0.29, 0.717) is 0 Å². The molecule has 1 aliphatic rings. The molecule has 1 aromatic heterocycles. The summed E-state index contributed by atoms with van der Waals surface area (Å²) in [6.07, 6.45) is 7.52. The minimum atomic E-state index is 0.826. The maximum Gasteiger partial charge on any atom is 0.0594 e. The van der Waals surface area contributed by atoms with Crippen molar-refractivity contribution in [3.05, 3.63) is 24.0 Å². The fraction of sp³-hybridized carbons (Fsp3) is 0.789. The largest absolute Gasteiger partial charge is 0.379 e. The number of nitrogens with one attached hydrogen (secondary N) is 1. The van der Waals surface area contributed by atoms with Crippen LogP contribution < -0.4 is 5.32 Å². The monoisotopic (exact) mass is 321 g/mol. The molecule has 0 saturated carbocycles. The molecule has 2 heterocycles. The normalized spacial score (nSPS) is 17.5. The molecule has 0 bridgehead atoms. The van der Waals surface area contributed by atoms with Crippen molar-refractivity contribution >= 4 is 0 Å². The molecule has 132 valence electrons. The van der Waals surface area contributed by atoms with Crippen LogP contribution in [0.25, 0.3) is 0 Å². The molecular weight excluding hydrogens is 286 g/mol. The summed E-state index contributed by atoms with van der Waals surface area (Å²) in [5, 5.41) is 3.67. The molecule has 0 aliphatic carbocycles. The van der Waals surface area contributed by atoms with Crippen LogP contribution in [-0.2, 0) is 17.8 Å². The Kier molecular flexibility index (Phi) is 8.72. The van der Waals surface area contributed by atoms with E-state index in [-0.39, 0.29) is 0 Å². The Bertz CT molecular complexity index is 413. The first kappa shape index (κ1) is 18.5. The van der Waals surface area contributed by atoms with E-state index in [0.717, 1.165) is 58.4 Å². The van der Waals surface area contributed by atoms with Crippen LogP contribution in [0.1, 0.15) is 45.2 Å². The molecule has 1 atom stereocenters. The third kappa shape index (κ3) is 6.66. The van der Waals surface area contributed by atoms with Crippen molar-refractivity contribution in [2.24, 2.45) is 5.92 Å². The van der Waals surface area contributed by atoms with Crippen molar-refractivity contribution in [3.63, 3.8) is 0 Å². The molecule has 2 rings (SSSR count). The fourth-order valence-electron chi connectivity index (χ4n) is 3.25. The van der Waals surface area contributed by atoms with E-state index in [1.54, 1.807) is 0 Å². The molecule has 1 fully saturated rings. The highest BCUT2D eigenvalue weighted by molar-refractivity contribution is 5.07. The Hall–Kier alpha value is -0.840. The Balaban J connectivity index is 1.70. The van der Waals surface area contributed by atoms with Gasteiger partial charge in [0.25, 0.3) is 0 Å². The summed E-state index contributed by atoms with van der Waals surface area (Å²) >= 11 is 0. The molecule has 23 heavy (non-hydrogen) atoms. The van der Waals surface area contributed by atoms with Crippen LogP contribution in [0.3, 0.4) is 0 Å². The van der Waals surface area contributed by atoms with Gasteiger partial charge in [0.15, 0.2) is 0 Å². The van der Waals surface area contributed by atoms with Crippen molar-refractivity contribution in [2.75, 3.05) is 39.4 Å². The average Bonchev–Trinajstić information content (AvgIpc) is 3.04. The number of ether oxygens (including phenoxy) is 1. The van der Waals surface area contributed by atoms with Crippen molar-refractivity contribution in [1.82, 2.24) is 14.8 Å². The van der Waals surface area contributed by atoms with E-state index in [9.17, 15) is 0 Å². The van der Waals surface area contributed by atoms with Crippen LogP contribution in [0, 0.1) is 5.92 Å². The van der Waals surface area contributed by atoms with Crippen molar-refractivity contribution in [2.45, 2.75) is 52.6 Å². The van der Waals surface area contributed by atoms with Gasteiger partial charge in [0, 0.05) is 44.6 Å². The minimum Gasteiger partial charge on any atom is -0.379 e. The Morgan fingerprint density at radius 1 is 1.22 bits per heavy atom. The lowest BCUT2D eigenvalue weighted by molar-refractivity contribution is 0.0363. The van der Waals surface area contributed by atoms with Crippen LogP contribution in [0.15, 0.2) is 18.3 Å². The van der Waals surface area contributed by atoms with E-state index in [1.807, 2.05) is 0 Å². The summed E-state index contributed by atoms with van der Waals surface area (Å²) in [6.45, 7) is 12.8. The number of nitrogens with zero attached hydrogens (tertiary/aromatic N) is 2. The van der Waals surface area contributed by atoms with Crippen molar-refractivity contribution in [1.29, 1.82) is 0 Å². The highest BCUT2D eigenvalue weighted by Crippen LogP contribution is 2.12. The van der Waals surface area contributed by atoms with Crippen LogP contribution in [0.2, 0.25) is 0 Å². The van der Waals surface area contributed by atoms with Crippen LogP contribution >= 0.6 is 0 Å². The topological polar surface area (TPSA) is 29.4 Å². The third-order valence-electron chi connectivity index (χ3n) is 4.97. The van der Waals surface area contributed by atoms with Gasteiger partial charge in [0.05, 0.1) is 13.2 Å². The van der Waals surface area contributed by atoms with Gasteiger partial charge in [-0.1, -0.05) is 33.1 Å². The second-order valence-corrected chi connectivity index (χ2v) is 6.69. The van der Waals surface area contributed by atoms with Gasteiger partial charge in [0.2, 0.25) is 0 Å². The number of hydrogen-bond donors (Lipinski definition) is 1. The van der Waals surface area contributed by atoms with E-state index in [2.05, 4.69) is 47.0 Å². The summed E-state index contributed by atoms with van der Waals surface area (Å²) in [5.74, 6) is 0.826. The number of morpholine rings is 1. The average molecular weight is 322 g/mol. The summed E-state index contributed by atoms with van der Waals surface area (Å²) < 4.78 is 7.81. The van der Waals surface area contributed by atoms with E-state index >= 15 is 0 Å². The minimum absolute atomic E-state index is 0.826. The Morgan fingerprint density at radius 3 is 2.78 bits per heavy atom. The first-order valence-corrected chi connectivity index (χ1v) is 9.48. The zero-order valence-corrected chi connectivity index (χ0v) is 15.1. The molecule has 0 aromatic carbocycles. The molecule has 0 unspecified atom stereocenters. The lowest BCUT2D eigenvalue weighted by Gasteiger charge is -2.27. The van der Waals surface area contributed by atoms with E-state index in [1.165, 1.54) is 31.4 Å². The maximum absolute atomic E-state index is 5.42. The zero-order valence-electron chi connectivity index (χ0n) is 15.1. The lowest BCUT2D eigenvalue weighted by Crippen LogP contribution is -2.38. The zero-order chi connectivity index (χ0) is 16.3. The van der Waals surface area contributed by atoms with Crippen LogP contribution in [0.4, 0.5) is 0 Å². The van der Waals surface area contributed by atoms with Crippen molar-refractivity contribution < 1.29 is 4.74 Å². The van der Waals surface area contributed by atoms with Gasteiger partial charge in [-0.2, -0.15) is 0 Å². The quantitative estimate of drug-likeness (QED) is 0.679. The van der Waals surface area contributed by atoms with Crippen LogP contribution in [0.5, 0.6) is 0 Å². The van der Waals surface area contributed by atoms with Gasteiger partial charge >= 0.3 is 0 Å². The maximum atomic E-state index is 5.42. The number of aromatic nitrogens is 1. The van der Waals surface area contributed by atoms with E-state index < -0.39 is 0 Å². The highest BCUT2D eigenvalue weighted by Gasteiger charge is 2.11. The number of unbranched alkanes of at least 4 members (excludes halogenated alkanes) is 1. The van der Waals surface area contributed by atoms with Gasteiger partial charge in [-0.05, 0) is 31.0 Å². The summed E-state index contributed by atoms with van der Waals surface area (Å²) in [7, 11) is 0. The Morgan fingerprint density at radius 2 is 2.04 bits per heavy atom. The molecular formula is C19H35N3O. The predicted octanol–water partition coefficient (Wildman–Crippen LogP) is 3.13. The molecule has 0 spiro atoms. The number of hydrogen-bond acceptors (Lipinski definition) is 3. The number of rotatable bonds is 11. The second-order valence-electron chi connectivity index (χ2n) is 6.69. The third-order valence-corrected chi connectivity index (χ3v) is 4.97. The van der Waals surface area contributed by atoms with E-state index in [4.69, 9.17) is 4.74 Å². The van der Waals surface area contributed by atoms with Gasteiger partial charge in [-0.3, -0.25) is 4.90 Å². The van der Waals surface area contributed by atoms with Gasteiger partial charge in [-0.15, -0.1) is 0 Å².